The van der Waals surface area contributed by atoms with Crippen LogP contribution >= 0.6 is 11.3 Å². The number of benzene rings is 2. The highest BCUT2D eigenvalue weighted by atomic mass is 32.2. The SMILES string of the molecule is CCc1ccc(S(=O)(=O)N2CCC[C@H](c3nnc(C(=O)Nc4ccc5c(c4)OCO5)s3)C2)cc1. The zero-order valence-electron chi connectivity index (χ0n) is 18.6. The van der Waals surface area contributed by atoms with Gasteiger partial charge in [-0.2, -0.15) is 4.31 Å². The van der Waals surface area contributed by atoms with E-state index < -0.39 is 10.0 Å². The Morgan fingerprint density at radius 3 is 2.74 bits per heavy atom. The van der Waals surface area contributed by atoms with Crippen LogP contribution in [0.25, 0.3) is 0 Å². The maximum absolute atomic E-state index is 13.2. The molecule has 1 atom stereocenters. The summed E-state index contributed by atoms with van der Waals surface area (Å²) in [7, 11) is -3.59. The van der Waals surface area contributed by atoms with Gasteiger partial charge < -0.3 is 14.8 Å². The topological polar surface area (TPSA) is 111 Å². The van der Waals surface area contributed by atoms with Crippen molar-refractivity contribution in [1.82, 2.24) is 14.5 Å². The minimum atomic E-state index is -3.59. The molecule has 11 heteroatoms. The summed E-state index contributed by atoms with van der Waals surface area (Å²) in [4.78, 5) is 13.0. The van der Waals surface area contributed by atoms with Crippen molar-refractivity contribution in [2.24, 2.45) is 0 Å². The van der Waals surface area contributed by atoms with E-state index in [9.17, 15) is 13.2 Å². The molecular formula is C23H24N4O5S2. The molecule has 1 amide bonds. The summed E-state index contributed by atoms with van der Waals surface area (Å²) in [6, 6.07) is 12.2. The van der Waals surface area contributed by atoms with Crippen molar-refractivity contribution >= 4 is 33.0 Å². The number of sulfonamides is 1. The van der Waals surface area contributed by atoms with Gasteiger partial charge in [-0.05, 0) is 49.1 Å². The number of rotatable bonds is 6. The minimum absolute atomic E-state index is 0.108. The quantitative estimate of drug-likeness (QED) is 0.550. The second-order valence-electron chi connectivity index (χ2n) is 8.17. The Kier molecular flexibility index (Phi) is 6.24. The van der Waals surface area contributed by atoms with E-state index in [0.717, 1.165) is 24.8 Å². The number of carbonyl (C=O) groups is 1. The molecule has 0 aliphatic carbocycles. The van der Waals surface area contributed by atoms with Gasteiger partial charge in [0.25, 0.3) is 5.91 Å². The van der Waals surface area contributed by atoms with Crippen LogP contribution in [-0.2, 0) is 16.4 Å². The van der Waals surface area contributed by atoms with E-state index in [-0.39, 0.29) is 23.6 Å². The van der Waals surface area contributed by atoms with Crippen LogP contribution in [0.15, 0.2) is 47.4 Å². The van der Waals surface area contributed by atoms with Crippen LogP contribution in [0.3, 0.4) is 0 Å². The Balaban J connectivity index is 1.27. The summed E-state index contributed by atoms with van der Waals surface area (Å²) in [6.07, 6.45) is 2.36. The van der Waals surface area contributed by atoms with Gasteiger partial charge in [-0.15, -0.1) is 10.2 Å². The zero-order chi connectivity index (χ0) is 23.7. The Labute approximate surface area is 201 Å². The normalized spacial score (nSPS) is 18.1. The standard InChI is InChI=1S/C23H24N4O5S2/c1-2-15-5-8-18(9-6-15)34(29,30)27-11-3-4-16(13-27)22-25-26-23(33-22)21(28)24-17-7-10-19-20(12-17)32-14-31-19/h5-10,12,16H,2-4,11,13-14H2,1H3,(H,24,28)/t16-/m0/s1. The third-order valence-corrected chi connectivity index (χ3v) is 8.93. The number of carbonyl (C=O) groups excluding carboxylic acids is 1. The summed E-state index contributed by atoms with van der Waals surface area (Å²) in [5.74, 6) is 0.722. The van der Waals surface area contributed by atoms with Gasteiger partial charge in [-0.1, -0.05) is 30.4 Å². The van der Waals surface area contributed by atoms with Crippen LogP contribution in [0, 0.1) is 0 Å². The molecule has 0 spiro atoms. The molecule has 9 nitrogen and oxygen atoms in total. The number of aromatic nitrogens is 2. The van der Waals surface area contributed by atoms with Crippen molar-refractivity contribution < 1.29 is 22.7 Å². The molecule has 1 fully saturated rings. The van der Waals surface area contributed by atoms with Gasteiger partial charge >= 0.3 is 0 Å². The van der Waals surface area contributed by atoms with Crippen molar-refractivity contribution in [3.8, 4) is 11.5 Å². The number of aryl methyl sites for hydroxylation is 1. The Hall–Kier alpha value is -3.02. The van der Waals surface area contributed by atoms with E-state index in [1.54, 1.807) is 30.3 Å². The Morgan fingerprint density at radius 1 is 1.15 bits per heavy atom. The fourth-order valence-corrected chi connectivity index (χ4v) is 6.45. The van der Waals surface area contributed by atoms with E-state index in [4.69, 9.17) is 9.47 Å². The van der Waals surface area contributed by atoms with Crippen molar-refractivity contribution in [2.45, 2.75) is 37.0 Å². The average molecular weight is 501 g/mol. The van der Waals surface area contributed by atoms with E-state index in [2.05, 4.69) is 15.5 Å². The summed E-state index contributed by atoms with van der Waals surface area (Å²) in [6.45, 7) is 2.97. The molecule has 0 radical (unpaired) electrons. The number of ether oxygens (including phenoxy) is 2. The molecule has 1 saturated heterocycles. The number of piperidine rings is 1. The van der Waals surface area contributed by atoms with Gasteiger partial charge in [0, 0.05) is 30.8 Å². The lowest BCUT2D eigenvalue weighted by molar-refractivity contribution is 0.102. The first-order chi connectivity index (χ1) is 16.4. The van der Waals surface area contributed by atoms with Gasteiger partial charge in [0.15, 0.2) is 11.5 Å². The number of fused-ring (bicyclic) bond motifs is 1. The van der Waals surface area contributed by atoms with Gasteiger partial charge in [0.05, 0.1) is 4.90 Å². The molecule has 2 aliphatic rings. The first-order valence-corrected chi connectivity index (χ1v) is 13.3. The Bertz CT molecular complexity index is 1310. The number of nitrogens with zero attached hydrogens (tertiary/aromatic N) is 3. The number of nitrogens with one attached hydrogen (secondary N) is 1. The maximum atomic E-state index is 13.2. The third-order valence-electron chi connectivity index (χ3n) is 5.97. The van der Waals surface area contributed by atoms with Crippen LogP contribution in [-0.4, -0.2) is 48.7 Å². The van der Waals surface area contributed by atoms with Crippen LogP contribution in [0.5, 0.6) is 11.5 Å². The first kappa shape index (κ1) is 22.8. The zero-order valence-corrected chi connectivity index (χ0v) is 20.2. The third kappa shape index (κ3) is 4.50. The molecule has 1 aromatic heterocycles. The highest BCUT2D eigenvalue weighted by Crippen LogP contribution is 2.35. The van der Waals surface area contributed by atoms with E-state index in [0.29, 0.717) is 40.2 Å². The van der Waals surface area contributed by atoms with Gasteiger partial charge in [0.2, 0.25) is 21.8 Å². The lowest BCUT2D eigenvalue weighted by Crippen LogP contribution is -2.39. The van der Waals surface area contributed by atoms with E-state index in [1.807, 2.05) is 19.1 Å². The lowest BCUT2D eigenvalue weighted by atomic mass is 10.0. The van der Waals surface area contributed by atoms with Crippen molar-refractivity contribution in [3.05, 3.63) is 58.0 Å². The van der Waals surface area contributed by atoms with Crippen LogP contribution < -0.4 is 14.8 Å². The molecule has 2 aliphatic heterocycles. The summed E-state index contributed by atoms with van der Waals surface area (Å²) < 4.78 is 38.5. The predicted octanol–water partition coefficient (Wildman–Crippen LogP) is 3.65. The van der Waals surface area contributed by atoms with Crippen molar-refractivity contribution in [1.29, 1.82) is 0 Å². The summed E-state index contributed by atoms with van der Waals surface area (Å²) in [5.41, 5.74) is 1.66. The smallest absolute Gasteiger partial charge is 0.286 e. The van der Waals surface area contributed by atoms with Crippen LogP contribution in [0.4, 0.5) is 5.69 Å². The Morgan fingerprint density at radius 2 is 1.94 bits per heavy atom. The summed E-state index contributed by atoms with van der Waals surface area (Å²) in [5, 5.41) is 12.0. The molecule has 2 aromatic carbocycles. The fourth-order valence-electron chi connectivity index (χ4n) is 4.06. The van der Waals surface area contributed by atoms with Crippen molar-refractivity contribution in [3.63, 3.8) is 0 Å². The second kappa shape index (κ2) is 9.32. The van der Waals surface area contributed by atoms with Gasteiger partial charge in [-0.25, -0.2) is 8.42 Å². The monoisotopic (exact) mass is 500 g/mol. The van der Waals surface area contributed by atoms with Crippen molar-refractivity contribution in [2.75, 3.05) is 25.2 Å². The fraction of sp³-hybridized carbons (Fsp3) is 0.348. The summed E-state index contributed by atoms with van der Waals surface area (Å²) >= 11 is 1.19. The van der Waals surface area contributed by atoms with Crippen LogP contribution in [0.1, 0.15) is 46.1 Å². The van der Waals surface area contributed by atoms with Gasteiger partial charge in [-0.3, -0.25) is 4.79 Å². The molecular weight excluding hydrogens is 476 g/mol. The number of hydrogen-bond donors (Lipinski definition) is 1. The highest BCUT2D eigenvalue weighted by molar-refractivity contribution is 7.89. The maximum Gasteiger partial charge on any atom is 0.286 e. The van der Waals surface area contributed by atoms with E-state index >= 15 is 0 Å². The molecule has 3 heterocycles. The second-order valence-corrected chi connectivity index (χ2v) is 11.1. The molecule has 3 aromatic rings. The first-order valence-electron chi connectivity index (χ1n) is 11.1. The molecule has 0 unspecified atom stereocenters. The number of amides is 1. The molecule has 0 bridgehead atoms. The predicted molar refractivity (Wildman–Crippen MR) is 127 cm³/mol. The molecule has 5 rings (SSSR count). The van der Waals surface area contributed by atoms with Crippen LogP contribution in [0.2, 0.25) is 0 Å². The molecule has 34 heavy (non-hydrogen) atoms. The highest BCUT2D eigenvalue weighted by Gasteiger charge is 2.33. The molecule has 0 saturated carbocycles. The number of anilines is 1. The minimum Gasteiger partial charge on any atom is -0.454 e. The number of hydrogen-bond acceptors (Lipinski definition) is 8. The lowest BCUT2D eigenvalue weighted by Gasteiger charge is -2.30. The van der Waals surface area contributed by atoms with E-state index in [1.165, 1.54) is 15.6 Å². The molecule has 178 valence electrons. The largest absolute Gasteiger partial charge is 0.454 e. The van der Waals surface area contributed by atoms with Gasteiger partial charge in [0.1, 0.15) is 5.01 Å². The molecule has 1 N–H and O–H groups in total. The average Bonchev–Trinajstić information content (AvgIpc) is 3.54.